The molecule has 5 atom stereocenters. The van der Waals surface area contributed by atoms with Gasteiger partial charge in [0.25, 0.3) is 0 Å². The Balaban J connectivity index is 2.88. The highest BCUT2D eigenvalue weighted by Gasteiger charge is 2.24. The third-order valence-electron chi connectivity index (χ3n) is 6.37. The predicted molar refractivity (Wildman–Crippen MR) is 139 cm³/mol. The quantitative estimate of drug-likeness (QED) is 0.282. The fourth-order valence-electron chi connectivity index (χ4n) is 2.85. The van der Waals surface area contributed by atoms with Crippen molar-refractivity contribution in [3.63, 3.8) is 0 Å². The van der Waals surface area contributed by atoms with Crippen LogP contribution < -0.4 is 15.2 Å². The summed E-state index contributed by atoms with van der Waals surface area (Å²) in [6.07, 6.45) is 0.660. The standard InChI is InChI=1S/C28H43NO8/c1-9-17(5)25(30)36-23-12-11-21(14-24(23)37-26(31)18(6)10-2)13-22(29)28(33)34-15-19(7)35-27(32)20(8)16(3)4/h11-12,14,16-20,22H,9-10,13,15,29H2,1-8H3/t17?,18?,19-,20?,22-/m0/s1. The number of ether oxygens (including phenoxy) is 4. The first-order valence-electron chi connectivity index (χ1n) is 13.0. The van der Waals surface area contributed by atoms with E-state index in [1.165, 1.54) is 12.1 Å². The first-order valence-corrected chi connectivity index (χ1v) is 13.0. The van der Waals surface area contributed by atoms with Gasteiger partial charge in [-0.15, -0.1) is 0 Å². The van der Waals surface area contributed by atoms with Gasteiger partial charge in [0, 0.05) is 0 Å². The molecule has 0 heterocycles. The molecule has 0 spiro atoms. The molecule has 37 heavy (non-hydrogen) atoms. The van der Waals surface area contributed by atoms with Gasteiger partial charge in [0.2, 0.25) is 0 Å². The van der Waals surface area contributed by atoms with Crippen LogP contribution in [0.1, 0.15) is 73.8 Å². The molecule has 1 rings (SSSR count). The van der Waals surface area contributed by atoms with E-state index in [1.54, 1.807) is 33.8 Å². The molecule has 1 aromatic carbocycles. The van der Waals surface area contributed by atoms with Crippen LogP contribution >= 0.6 is 0 Å². The molecule has 0 aliphatic rings. The van der Waals surface area contributed by atoms with Crippen molar-refractivity contribution in [2.75, 3.05) is 6.61 Å². The first kappa shape index (κ1) is 32.1. The van der Waals surface area contributed by atoms with Gasteiger partial charge in [0.15, 0.2) is 11.5 Å². The third kappa shape index (κ3) is 10.5. The Kier molecular flexibility index (Phi) is 13.3. The van der Waals surface area contributed by atoms with Gasteiger partial charge in [-0.3, -0.25) is 19.2 Å². The van der Waals surface area contributed by atoms with Crippen LogP contribution in [0.3, 0.4) is 0 Å². The average Bonchev–Trinajstić information content (AvgIpc) is 2.86. The van der Waals surface area contributed by atoms with Crippen molar-refractivity contribution in [2.45, 2.75) is 86.8 Å². The molecular formula is C28H43NO8. The van der Waals surface area contributed by atoms with Crippen molar-refractivity contribution in [3.8, 4) is 11.5 Å². The van der Waals surface area contributed by atoms with Crippen molar-refractivity contribution in [1.29, 1.82) is 0 Å². The summed E-state index contributed by atoms with van der Waals surface area (Å²) in [6.45, 7) is 14.4. The molecule has 1 aromatic rings. The monoisotopic (exact) mass is 521 g/mol. The summed E-state index contributed by atoms with van der Waals surface area (Å²) in [4.78, 5) is 49.3. The summed E-state index contributed by atoms with van der Waals surface area (Å²) in [5.41, 5.74) is 6.63. The molecule has 0 aliphatic carbocycles. The maximum atomic E-state index is 12.4. The van der Waals surface area contributed by atoms with Crippen LogP contribution in [-0.4, -0.2) is 42.6 Å². The maximum absolute atomic E-state index is 12.4. The van der Waals surface area contributed by atoms with Crippen molar-refractivity contribution in [2.24, 2.45) is 29.4 Å². The van der Waals surface area contributed by atoms with Crippen LogP contribution in [-0.2, 0) is 35.1 Å². The van der Waals surface area contributed by atoms with Gasteiger partial charge >= 0.3 is 23.9 Å². The Morgan fingerprint density at radius 3 is 1.84 bits per heavy atom. The Bertz CT molecular complexity index is 929. The summed E-state index contributed by atoms with van der Waals surface area (Å²) in [6, 6.07) is 3.68. The lowest BCUT2D eigenvalue weighted by Gasteiger charge is -2.20. The highest BCUT2D eigenvalue weighted by molar-refractivity contribution is 5.79. The number of benzene rings is 1. The molecule has 0 fully saturated rings. The SMILES string of the molecule is CCC(C)C(=O)Oc1ccc(C[C@H](N)C(=O)OC[C@H](C)OC(=O)C(C)C(C)C)cc1OC(=O)C(C)CC. The summed E-state index contributed by atoms with van der Waals surface area (Å²) in [5, 5.41) is 0. The number of hydrogen-bond donors (Lipinski definition) is 1. The molecule has 0 saturated carbocycles. The van der Waals surface area contributed by atoms with E-state index in [4.69, 9.17) is 24.7 Å². The minimum Gasteiger partial charge on any atom is -0.461 e. The largest absolute Gasteiger partial charge is 0.461 e. The second kappa shape index (κ2) is 15.3. The van der Waals surface area contributed by atoms with Crippen molar-refractivity contribution in [1.82, 2.24) is 0 Å². The molecule has 0 aromatic heterocycles. The van der Waals surface area contributed by atoms with Gasteiger partial charge < -0.3 is 24.7 Å². The van der Waals surface area contributed by atoms with E-state index >= 15 is 0 Å². The lowest BCUT2D eigenvalue weighted by atomic mass is 9.98. The lowest BCUT2D eigenvalue weighted by Crippen LogP contribution is -2.36. The average molecular weight is 522 g/mol. The Labute approximate surface area is 220 Å². The molecule has 0 saturated heterocycles. The molecule has 0 aliphatic heterocycles. The maximum Gasteiger partial charge on any atom is 0.323 e. The summed E-state index contributed by atoms with van der Waals surface area (Å²) >= 11 is 0. The van der Waals surface area contributed by atoms with Crippen LogP contribution in [0.15, 0.2) is 18.2 Å². The lowest BCUT2D eigenvalue weighted by molar-refractivity contribution is -0.162. The number of carbonyl (C=O) groups is 4. The summed E-state index contributed by atoms with van der Waals surface area (Å²) < 4.78 is 21.6. The van der Waals surface area contributed by atoms with E-state index < -0.39 is 30.1 Å². The van der Waals surface area contributed by atoms with E-state index in [2.05, 4.69) is 0 Å². The summed E-state index contributed by atoms with van der Waals surface area (Å²) in [7, 11) is 0. The molecule has 3 unspecified atom stereocenters. The Hall–Kier alpha value is -2.94. The van der Waals surface area contributed by atoms with Crippen LogP contribution in [0.5, 0.6) is 11.5 Å². The molecule has 0 bridgehead atoms. The van der Waals surface area contributed by atoms with Crippen molar-refractivity contribution >= 4 is 23.9 Å². The van der Waals surface area contributed by atoms with E-state index in [-0.39, 0.29) is 54.2 Å². The number of rotatable bonds is 14. The van der Waals surface area contributed by atoms with Gasteiger partial charge in [-0.05, 0) is 49.8 Å². The summed E-state index contributed by atoms with van der Waals surface area (Å²) in [5.74, 6) is -2.51. The normalized spacial score (nSPS) is 15.2. The third-order valence-corrected chi connectivity index (χ3v) is 6.37. The first-order chi connectivity index (χ1) is 17.3. The van der Waals surface area contributed by atoms with E-state index in [0.29, 0.717) is 18.4 Å². The zero-order valence-electron chi connectivity index (χ0n) is 23.4. The Morgan fingerprint density at radius 1 is 0.784 bits per heavy atom. The van der Waals surface area contributed by atoms with Crippen molar-refractivity contribution in [3.05, 3.63) is 23.8 Å². The van der Waals surface area contributed by atoms with Gasteiger partial charge in [-0.25, -0.2) is 0 Å². The number of esters is 4. The number of carbonyl (C=O) groups excluding carboxylic acids is 4. The number of hydrogen-bond acceptors (Lipinski definition) is 9. The van der Waals surface area contributed by atoms with Gasteiger partial charge in [-0.1, -0.05) is 54.5 Å². The molecule has 0 radical (unpaired) electrons. The second-order valence-electron chi connectivity index (χ2n) is 9.96. The predicted octanol–water partition coefficient (Wildman–Crippen LogP) is 4.23. The fraction of sp³-hybridized carbons (Fsp3) is 0.643. The van der Waals surface area contributed by atoms with Gasteiger partial charge in [0.05, 0.1) is 17.8 Å². The molecule has 0 amide bonds. The van der Waals surface area contributed by atoms with E-state index in [1.807, 2.05) is 27.7 Å². The van der Waals surface area contributed by atoms with Crippen LogP contribution in [0.2, 0.25) is 0 Å². The van der Waals surface area contributed by atoms with Gasteiger partial charge in [-0.2, -0.15) is 0 Å². The fourth-order valence-corrected chi connectivity index (χ4v) is 2.85. The molecular weight excluding hydrogens is 478 g/mol. The van der Waals surface area contributed by atoms with Crippen LogP contribution in [0.4, 0.5) is 0 Å². The van der Waals surface area contributed by atoms with Gasteiger partial charge in [0.1, 0.15) is 18.8 Å². The zero-order chi connectivity index (χ0) is 28.3. The minimum absolute atomic E-state index is 0.0832. The smallest absolute Gasteiger partial charge is 0.323 e. The minimum atomic E-state index is -1.01. The van der Waals surface area contributed by atoms with E-state index in [9.17, 15) is 19.2 Å². The second-order valence-corrected chi connectivity index (χ2v) is 9.96. The highest BCUT2D eigenvalue weighted by Crippen LogP contribution is 2.31. The number of nitrogens with two attached hydrogens (primary N) is 1. The molecule has 9 heteroatoms. The van der Waals surface area contributed by atoms with Crippen LogP contribution in [0, 0.1) is 23.7 Å². The highest BCUT2D eigenvalue weighted by atomic mass is 16.6. The Morgan fingerprint density at radius 2 is 1.32 bits per heavy atom. The zero-order valence-corrected chi connectivity index (χ0v) is 23.4. The van der Waals surface area contributed by atoms with Crippen LogP contribution in [0.25, 0.3) is 0 Å². The molecule has 2 N–H and O–H groups in total. The van der Waals surface area contributed by atoms with E-state index in [0.717, 1.165) is 0 Å². The van der Waals surface area contributed by atoms with Crippen molar-refractivity contribution < 1.29 is 38.1 Å². The molecule has 208 valence electrons. The molecule has 9 nitrogen and oxygen atoms in total. The topological polar surface area (TPSA) is 131 Å².